The fraction of sp³-hybridized carbons (Fsp3) is 0.333. The molecule has 0 saturated carbocycles. The highest BCUT2D eigenvalue weighted by Gasteiger charge is 2.13. The SMILES string of the molecule is COCCNCc1nnc(-c2cc(Br)cc([N+](=O)[O-])c2)s1. The first kappa shape index (κ1) is 16.0. The summed E-state index contributed by atoms with van der Waals surface area (Å²) in [5.74, 6) is 0. The van der Waals surface area contributed by atoms with Crippen LogP contribution in [0.3, 0.4) is 0 Å². The third-order valence-corrected chi connectivity index (χ3v) is 4.00. The Morgan fingerprint density at radius 3 is 2.95 bits per heavy atom. The lowest BCUT2D eigenvalue weighted by Crippen LogP contribution is -2.18. The van der Waals surface area contributed by atoms with E-state index < -0.39 is 4.92 Å². The molecule has 2 rings (SSSR count). The number of hydrogen-bond acceptors (Lipinski definition) is 7. The first-order valence-corrected chi connectivity index (χ1v) is 7.68. The van der Waals surface area contributed by atoms with Crippen LogP contribution < -0.4 is 5.32 Å². The van der Waals surface area contributed by atoms with Crippen molar-refractivity contribution in [2.24, 2.45) is 0 Å². The molecule has 0 fully saturated rings. The molecule has 1 aromatic heterocycles. The molecule has 0 aliphatic rings. The smallest absolute Gasteiger partial charge is 0.271 e. The number of hydrogen-bond donors (Lipinski definition) is 1. The highest BCUT2D eigenvalue weighted by atomic mass is 79.9. The van der Waals surface area contributed by atoms with Gasteiger partial charge in [0.05, 0.1) is 11.5 Å². The average molecular weight is 373 g/mol. The predicted molar refractivity (Wildman–Crippen MR) is 83.3 cm³/mol. The van der Waals surface area contributed by atoms with Gasteiger partial charge in [0.25, 0.3) is 5.69 Å². The van der Waals surface area contributed by atoms with Gasteiger partial charge in [-0.2, -0.15) is 0 Å². The Hall–Kier alpha value is -1.42. The summed E-state index contributed by atoms with van der Waals surface area (Å²) in [6, 6.07) is 4.74. The largest absolute Gasteiger partial charge is 0.383 e. The second kappa shape index (κ2) is 7.55. The Bertz CT molecular complexity index is 635. The van der Waals surface area contributed by atoms with Crippen LogP contribution in [0.1, 0.15) is 5.01 Å². The van der Waals surface area contributed by atoms with E-state index in [0.29, 0.717) is 28.2 Å². The number of non-ortho nitro benzene ring substituents is 1. The first-order valence-electron chi connectivity index (χ1n) is 6.07. The van der Waals surface area contributed by atoms with Gasteiger partial charge in [-0.1, -0.05) is 27.3 Å². The Balaban J connectivity index is 2.12. The number of aromatic nitrogens is 2. The molecular weight excluding hydrogens is 360 g/mol. The summed E-state index contributed by atoms with van der Waals surface area (Å²) in [4.78, 5) is 10.4. The van der Waals surface area contributed by atoms with Gasteiger partial charge in [-0.05, 0) is 6.07 Å². The topological polar surface area (TPSA) is 90.2 Å². The fourth-order valence-corrected chi connectivity index (χ4v) is 2.89. The third-order valence-electron chi connectivity index (χ3n) is 2.57. The van der Waals surface area contributed by atoms with Crippen molar-refractivity contribution in [3.05, 3.63) is 37.8 Å². The number of nitrogens with one attached hydrogen (secondary N) is 1. The molecule has 1 aromatic carbocycles. The van der Waals surface area contributed by atoms with Crippen molar-refractivity contribution in [3.8, 4) is 10.6 Å². The van der Waals surface area contributed by atoms with Gasteiger partial charge in [0, 0.05) is 42.4 Å². The summed E-state index contributed by atoms with van der Waals surface area (Å²) in [5, 5.41) is 23.7. The Labute approximate surface area is 133 Å². The van der Waals surface area contributed by atoms with Crippen LogP contribution >= 0.6 is 27.3 Å². The molecule has 112 valence electrons. The molecule has 0 bridgehead atoms. The van der Waals surface area contributed by atoms with Crippen molar-refractivity contribution in [2.45, 2.75) is 6.54 Å². The minimum Gasteiger partial charge on any atom is -0.383 e. The van der Waals surface area contributed by atoms with E-state index >= 15 is 0 Å². The monoisotopic (exact) mass is 372 g/mol. The van der Waals surface area contributed by atoms with E-state index in [9.17, 15) is 10.1 Å². The molecule has 0 radical (unpaired) electrons. The maximum atomic E-state index is 10.9. The summed E-state index contributed by atoms with van der Waals surface area (Å²) in [7, 11) is 1.64. The van der Waals surface area contributed by atoms with Crippen LogP contribution in [0, 0.1) is 10.1 Å². The molecule has 0 unspecified atom stereocenters. The van der Waals surface area contributed by atoms with Gasteiger partial charge in [0.15, 0.2) is 0 Å². The van der Waals surface area contributed by atoms with Crippen LogP contribution in [-0.4, -0.2) is 35.4 Å². The lowest BCUT2D eigenvalue weighted by atomic mass is 10.2. The van der Waals surface area contributed by atoms with Crippen LogP contribution in [0.4, 0.5) is 5.69 Å². The molecule has 2 aromatic rings. The van der Waals surface area contributed by atoms with Gasteiger partial charge in [-0.25, -0.2) is 0 Å². The van der Waals surface area contributed by atoms with E-state index in [1.54, 1.807) is 13.2 Å². The van der Waals surface area contributed by atoms with Gasteiger partial charge >= 0.3 is 0 Å². The van der Waals surface area contributed by atoms with Crippen molar-refractivity contribution >= 4 is 33.0 Å². The predicted octanol–water partition coefficient (Wildman–Crippen LogP) is 2.61. The van der Waals surface area contributed by atoms with Gasteiger partial charge in [-0.3, -0.25) is 10.1 Å². The number of nitro groups is 1. The Morgan fingerprint density at radius 2 is 2.24 bits per heavy atom. The van der Waals surface area contributed by atoms with Crippen molar-refractivity contribution in [3.63, 3.8) is 0 Å². The lowest BCUT2D eigenvalue weighted by molar-refractivity contribution is -0.384. The number of methoxy groups -OCH3 is 1. The summed E-state index contributed by atoms with van der Waals surface area (Å²) < 4.78 is 5.58. The molecule has 0 saturated heterocycles. The number of ether oxygens (including phenoxy) is 1. The van der Waals surface area contributed by atoms with E-state index in [2.05, 4.69) is 31.4 Å². The molecule has 0 aliphatic carbocycles. The van der Waals surface area contributed by atoms with E-state index in [-0.39, 0.29) is 5.69 Å². The molecular formula is C12H13BrN4O3S. The Morgan fingerprint density at radius 1 is 1.43 bits per heavy atom. The zero-order valence-corrected chi connectivity index (χ0v) is 13.6. The number of rotatable bonds is 7. The standard InChI is InChI=1S/C12H13BrN4O3S/c1-20-3-2-14-7-11-15-16-12(21-11)8-4-9(13)6-10(5-8)17(18)19/h4-6,14H,2-3,7H2,1H3. The summed E-state index contributed by atoms with van der Waals surface area (Å²) >= 11 is 4.67. The molecule has 9 heteroatoms. The summed E-state index contributed by atoms with van der Waals surface area (Å²) in [6.07, 6.45) is 0. The minimum atomic E-state index is -0.428. The first-order chi connectivity index (χ1) is 10.1. The quantitative estimate of drug-likeness (QED) is 0.456. The van der Waals surface area contributed by atoms with Crippen LogP contribution in [0.25, 0.3) is 10.6 Å². The fourth-order valence-electron chi connectivity index (χ4n) is 1.61. The van der Waals surface area contributed by atoms with Crippen LogP contribution in [-0.2, 0) is 11.3 Å². The number of nitrogens with zero attached hydrogens (tertiary/aromatic N) is 3. The van der Waals surface area contributed by atoms with Gasteiger partial charge in [-0.15, -0.1) is 10.2 Å². The van der Waals surface area contributed by atoms with E-state index in [4.69, 9.17) is 4.74 Å². The van der Waals surface area contributed by atoms with Crippen molar-refractivity contribution in [1.29, 1.82) is 0 Å². The van der Waals surface area contributed by atoms with E-state index in [1.165, 1.54) is 23.5 Å². The van der Waals surface area contributed by atoms with Crippen molar-refractivity contribution < 1.29 is 9.66 Å². The second-order valence-corrected chi connectivity index (χ2v) is 6.10. The number of halogens is 1. The van der Waals surface area contributed by atoms with Gasteiger partial charge < -0.3 is 10.1 Å². The second-order valence-electron chi connectivity index (χ2n) is 4.13. The normalized spacial score (nSPS) is 10.8. The summed E-state index contributed by atoms with van der Waals surface area (Å²) in [6.45, 7) is 1.95. The van der Waals surface area contributed by atoms with Crippen LogP contribution in [0.2, 0.25) is 0 Å². The van der Waals surface area contributed by atoms with Crippen LogP contribution in [0.5, 0.6) is 0 Å². The Kier molecular flexibility index (Phi) is 5.74. The zero-order chi connectivity index (χ0) is 15.2. The van der Waals surface area contributed by atoms with Gasteiger partial charge in [0.1, 0.15) is 10.0 Å². The van der Waals surface area contributed by atoms with Gasteiger partial charge in [0.2, 0.25) is 0 Å². The molecule has 0 amide bonds. The van der Waals surface area contributed by atoms with E-state index in [0.717, 1.165) is 11.6 Å². The molecule has 1 heterocycles. The highest BCUT2D eigenvalue weighted by molar-refractivity contribution is 9.10. The number of nitro benzene ring substituents is 1. The molecule has 0 spiro atoms. The maximum Gasteiger partial charge on any atom is 0.271 e. The average Bonchev–Trinajstić information content (AvgIpc) is 2.92. The highest BCUT2D eigenvalue weighted by Crippen LogP contribution is 2.30. The third kappa shape index (κ3) is 4.53. The molecule has 0 atom stereocenters. The molecule has 7 nitrogen and oxygen atoms in total. The zero-order valence-electron chi connectivity index (χ0n) is 11.2. The molecule has 1 N–H and O–H groups in total. The van der Waals surface area contributed by atoms with Crippen LogP contribution in [0.15, 0.2) is 22.7 Å². The summed E-state index contributed by atoms with van der Waals surface area (Å²) in [5.41, 5.74) is 0.700. The molecule has 21 heavy (non-hydrogen) atoms. The minimum absolute atomic E-state index is 0.0225. The lowest BCUT2D eigenvalue weighted by Gasteiger charge is -1.99. The molecule has 0 aliphatic heterocycles. The number of benzene rings is 1. The van der Waals surface area contributed by atoms with Crippen molar-refractivity contribution in [2.75, 3.05) is 20.3 Å². The van der Waals surface area contributed by atoms with E-state index in [1.807, 2.05) is 0 Å². The van der Waals surface area contributed by atoms with Crippen molar-refractivity contribution in [1.82, 2.24) is 15.5 Å². The maximum absolute atomic E-state index is 10.9.